The van der Waals surface area contributed by atoms with Gasteiger partial charge in [-0.05, 0) is 22.2 Å². The van der Waals surface area contributed by atoms with Gasteiger partial charge in [0.25, 0.3) is 0 Å². The number of benzene rings is 4. The molecule has 4 aromatic carbocycles. The first-order valence-electron chi connectivity index (χ1n) is 9.34. The molecule has 0 aliphatic carbocycles. The van der Waals surface area contributed by atoms with Crippen molar-refractivity contribution in [2.45, 2.75) is 0 Å². The van der Waals surface area contributed by atoms with Crippen molar-refractivity contribution in [2.24, 2.45) is 0 Å². The van der Waals surface area contributed by atoms with Crippen molar-refractivity contribution < 1.29 is 18.9 Å². The van der Waals surface area contributed by atoms with Gasteiger partial charge in [0.2, 0.25) is 0 Å². The number of rotatable bonds is 4. The molecule has 146 valence electrons. The van der Waals surface area contributed by atoms with Crippen LogP contribution in [-0.2, 0) is 0 Å². The summed E-state index contributed by atoms with van der Waals surface area (Å²) in [7, 11) is 6.65. The molecule has 5 aromatic rings. The van der Waals surface area contributed by atoms with E-state index in [-0.39, 0.29) is 0 Å². The molecule has 5 rings (SSSR count). The molecule has 0 aliphatic heterocycles. The van der Waals surface area contributed by atoms with Crippen LogP contribution in [0.15, 0.2) is 48.7 Å². The molecule has 0 saturated heterocycles. The maximum atomic E-state index is 5.90. The van der Waals surface area contributed by atoms with Crippen molar-refractivity contribution in [3.63, 3.8) is 0 Å². The molecule has 0 bridgehead atoms. The summed E-state index contributed by atoms with van der Waals surface area (Å²) in [6.07, 6.45) is 1.84. The Labute approximate surface area is 167 Å². The average Bonchev–Trinajstić information content (AvgIpc) is 3.21. The van der Waals surface area contributed by atoms with Crippen molar-refractivity contribution in [2.75, 3.05) is 28.4 Å². The quantitative estimate of drug-likeness (QED) is 0.404. The molecule has 1 aromatic heterocycles. The number of hydrogen-bond donors (Lipinski definition) is 1. The van der Waals surface area contributed by atoms with Gasteiger partial charge in [0.05, 0.1) is 39.3 Å². The van der Waals surface area contributed by atoms with Gasteiger partial charge in [-0.15, -0.1) is 0 Å². The van der Waals surface area contributed by atoms with Crippen LogP contribution in [0.25, 0.3) is 43.2 Å². The van der Waals surface area contributed by atoms with Crippen LogP contribution >= 0.6 is 0 Å². The number of aromatic amines is 1. The molecule has 0 amide bonds. The number of ether oxygens (including phenoxy) is 4. The van der Waals surface area contributed by atoms with Crippen molar-refractivity contribution >= 4 is 43.2 Å². The molecule has 0 aliphatic rings. The highest BCUT2D eigenvalue weighted by Crippen LogP contribution is 2.51. The van der Waals surface area contributed by atoms with E-state index in [9.17, 15) is 0 Å². The van der Waals surface area contributed by atoms with E-state index in [1.807, 2.05) is 12.3 Å². The second-order valence-corrected chi connectivity index (χ2v) is 6.88. The van der Waals surface area contributed by atoms with Crippen LogP contribution in [0.3, 0.4) is 0 Å². The van der Waals surface area contributed by atoms with E-state index in [0.717, 1.165) is 49.0 Å². The number of H-pyrrole nitrogens is 1. The molecule has 0 atom stereocenters. The lowest BCUT2D eigenvalue weighted by atomic mass is 9.94. The first kappa shape index (κ1) is 17.5. The lowest BCUT2D eigenvalue weighted by molar-refractivity contribution is 0.360. The van der Waals surface area contributed by atoms with Gasteiger partial charge in [0.15, 0.2) is 11.5 Å². The molecular weight excluding hydrogens is 366 g/mol. The monoisotopic (exact) mass is 387 g/mol. The lowest BCUT2D eigenvalue weighted by Crippen LogP contribution is -1.96. The Hall–Kier alpha value is -3.60. The predicted octanol–water partition coefficient (Wildman–Crippen LogP) is 5.66. The largest absolute Gasteiger partial charge is 0.496 e. The number of nitrogens with one attached hydrogen (secondary N) is 1. The highest BCUT2D eigenvalue weighted by atomic mass is 16.5. The van der Waals surface area contributed by atoms with Crippen LogP contribution in [0.4, 0.5) is 0 Å². The second kappa shape index (κ2) is 6.48. The zero-order valence-corrected chi connectivity index (χ0v) is 16.8. The molecule has 1 heterocycles. The van der Waals surface area contributed by atoms with Gasteiger partial charge in [-0.2, -0.15) is 0 Å². The summed E-state index contributed by atoms with van der Waals surface area (Å²) < 4.78 is 23.1. The van der Waals surface area contributed by atoms with Gasteiger partial charge in [-0.1, -0.05) is 36.4 Å². The third-order valence-corrected chi connectivity index (χ3v) is 5.61. The number of aromatic nitrogens is 1. The Balaban J connectivity index is 2.12. The zero-order chi connectivity index (χ0) is 20.1. The fourth-order valence-electron chi connectivity index (χ4n) is 4.39. The molecule has 0 radical (unpaired) electrons. The standard InChI is InChI=1S/C24H21NO4/c1-26-17-11-13-7-5-6-8-14(13)15-9-10-16-20(19(15)17)23(28-3)24(29-4)21-18(27-2)12-25-22(16)21/h5-12,25H,1-4H3. The summed E-state index contributed by atoms with van der Waals surface area (Å²) in [5.41, 5.74) is 0.937. The van der Waals surface area contributed by atoms with Crippen LogP contribution < -0.4 is 18.9 Å². The maximum absolute atomic E-state index is 5.90. The number of hydrogen-bond acceptors (Lipinski definition) is 4. The van der Waals surface area contributed by atoms with E-state index < -0.39 is 0 Å². The first-order valence-corrected chi connectivity index (χ1v) is 9.34. The molecule has 0 fully saturated rings. The fourth-order valence-corrected chi connectivity index (χ4v) is 4.39. The molecule has 5 heteroatoms. The van der Waals surface area contributed by atoms with E-state index in [1.165, 1.54) is 0 Å². The summed E-state index contributed by atoms with van der Waals surface area (Å²) in [5.74, 6) is 2.80. The maximum Gasteiger partial charge on any atom is 0.174 e. The minimum Gasteiger partial charge on any atom is -0.496 e. The topological polar surface area (TPSA) is 52.7 Å². The van der Waals surface area contributed by atoms with Crippen molar-refractivity contribution in [1.82, 2.24) is 4.98 Å². The molecule has 0 spiro atoms. The number of methoxy groups -OCH3 is 4. The Morgan fingerprint density at radius 3 is 2.03 bits per heavy atom. The third kappa shape index (κ3) is 2.27. The zero-order valence-electron chi connectivity index (χ0n) is 16.8. The second-order valence-electron chi connectivity index (χ2n) is 6.88. The van der Waals surface area contributed by atoms with E-state index in [1.54, 1.807) is 28.4 Å². The van der Waals surface area contributed by atoms with Gasteiger partial charge < -0.3 is 23.9 Å². The Bertz CT molecular complexity index is 1400. The summed E-state index contributed by atoms with van der Waals surface area (Å²) in [4.78, 5) is 3.35. The lowest BCUT2D eigenvalue weighted by Gasteiger charge is -2.18. The minimum absolute atomic E-state index is 0.635. The highest BCUT2D eigenvalue weighted by molar-refractivity contribution is 6.27. The summed E-state index contributed by atoms with van der Waals surface area (Å²) in [5, 5.41) is 7.21. The van der Waals surface area contributed by atoms with Gasteiger partial charge in [-0.3, -0.25) is 0 Å². The summed E-state index contributed by atoms with van der Waals surface area (Å²) >= 11 is 0. The molecule has 5 nitrogen and oxygen atoms in total. The summed E-state index contributed by atoms with van der Waals surface area (Å²) in [6, 6.07) is 14.6. The summed E-state index contributed by atoms with van der Waals surface area (Å²) in [6.45, 7) is 0. The predicted molar refractivity (Wildman–Crippen MR) is 117 cm³/mol. The van der Waals surface area contributed by atoms with E-state index >= 15 is 0 Å². The average molecular weight is 387 g/mol. The molecule has 0 saturated carbocycles. The Morgan fingerprint density at radius 1 is 0.621 bits per heavy atom. The van der Waals surface area contributed by atoms with E-state index in [0.29, 0.717) is 17.2 Å². The van der Waals surface area contributed by atoms with Crippen molar-refractivity contribution in [3.05, 3.63) is 48.7 Å². The Kier molecular flexibility index (Phi) is 3.91. The van der Waals surface area contributed by atoms with Gasteiger partial charge in [-0.25, -0.2) is 0 Å². The molecule has 29 heavy (non-hydrogen) atoms. The van der Waals surface area contributed by atoms with Gasteiger partial charge >= 0.3 is 0 Å². The van der Waals surface area contributed by atoms with Crippen LogP contribution in [0, 0.1) is 0 Å². The SMILES string of the molecule is COc1c[nH]c2c1c(OC)c(OC)c1c2ccc2c3ccccc3cc(OC)c21. The van der Waals surface area contributed by atoms with Crippen molar-refractivity contribution in [1.29, 1.82) is 0 Å². The van der Waals surface area contributed by atoms with Gasteiger partial charge in [0.1, 0.15) is 11.5 Å². The normalized spacial score (nSPS) is 11.4. The minimum atomic E-state index is 0.635. The smallest absolute Gasteiger partial charge is 0.174 e. The van der Waals surface area contributed by atoms with E-state index in [2.05, 4.69) is 41.4 Å². The van der Waals surface area contributed by atoms with E-state index in [4.69, 9.17) is 18.9 Å². The van der Waals surface area contributed by atoms with Crippen LogP contribution in [0.1, 0.15) is 0 Å². The van der Waals surface area contributed by atoms with Crippen molar-refractivity contribution in [3.8, 4) is 23.0 Å². The van der Waals surface area contributed by atoms with Crippen LogP contribution in [0.5, 0.6) is 23.0 Å². The molecule has 1 N–H and O–H groups in total. The fraction of sp³-hybridized carbons (Fsp3) is 0.167. The van der Waals surface area contributed by atoms with Gasteiger partial charge in [0, 0.05) is 22.4 Å². The third-order valence-electron chi connectivity index (χ3n) is 5.61. The van der Waals surface area contributed by atoms with Crippen LogP contribution in [0.2, 0.25) is 0 Å². The highest BCUT2D eigenvalue weighted by Gasteiger charge is 2.24. The Morgan fingerprint density at radius 2 is 1.31 bits per heavy atom. The first-order chi connectivity index (χ1) is 14.2. The number of fused-ring (bicyclic) bond motifs is 7. The van der Waals surface area contributed by atoms with Crippen LogP contribution in [-0.4, -0.2) is 33.4 Å². The molecular formula is C24H21NO4. The molecule has 0 unspecified atom stereocenters.